The summed E-state index contributed by atoms with van der Waals surface area (Å²) in [4.78, 5) is 18.2. The lowest BCUT2D eigenvalue weighted by molar-refractivity contribution is 0.439. The average Bonchev–Trinajstić information content (AvgIpc) is 2.22. The highest BCUT2D eigenvalue weighted by molar-refractivity contribution is 6.36. The predicted molar refractivity (Wildman–Crippen MR) is 68.0 cm³/mol. The van der Waals surface area contributed by atoms with Gasteiger partial charge in [0.25, 0.3) is 5.56 Å². The zero-order valence-electron chi connectivity index (χ0n) is 9.06. The average molecular weight is 288 g/mol. The van der Waals surface area contributed by atoms with Crippen molar-refractivity contribution in [3.63, 3.8) is 0 Å². The first-order valence-electron chi connectivity index (χ1n) is 5.36. The third kappa shape index (κ3) is 1.70. The smallest absolute Gasteiger partial charge is 0.259 e. The Morgan fingerprint density at radius 2 is 2.06 bits per heavy atom. The third-order valence-corrected chi connectivity index (χ3v) is 3.62. The molecule has 18 heavy (non-hydrogen) atoms. The van der Waals surface area contributed by atoms with E-state index < -0.39 is 11.4 Å². The van der Waals surface area contributed by atoms with E-state index in [2.05, 4.69) is 15.3 Å². The second kappa shape index (κ2) is 4.19. The van der Waals surface area contributed by atoms with Crippen molar-refractivity contribution in [2.24, 2.45) is 0 Å². The van der Waals surface area contributed by atoms with Crippen LogP contribution in [0.3, 0.4) is 0 Å². The molecule has 0 saturated carbocycles. The maximum atomic E-state index is 13.9. The Bertz CT molecular complexity index is 697. The zero-order valence-corrected chi connectivity index (χ0v) is 10.6. The SMILES string of the molecule is O=c1[nH]c(C2CNC2)cc2c(F)c(Cl)nc(Cl)c12. The van der Waals surface area contributed by atoms with E-state index in [4.69, 9.17) is 23.2 Å². The molecule has 7 heteroatoms. The van der Waals surface area contributed by atoms with Gasteiger partial charge in [0.15, 0.2) is 11.0 Å². The van der Waals surface area contributed by atoms with Gasteiger partial charge < -0.3 is 10.3 Å². The van der Waals surface area contributed by atoms with Crippen LogP contribution in [-0.2, 0) is 0 Å². The van der Waals surface area contributed by atoms with E-state index in [1.165, 1.54) is 0 Å². The van der Waals surface area contributed by atoms with Gasteiger partial charge in [0.1, 0.15) is 5.15 Å². The van der Waals surface area contributed by atoms with E-state index in [1.54, 1.807) is 6.07 Å². The first kappa shape index (κ1) is 11.9. The van der Waals surface area contributed by atoms with Crippen molar-refractivity contribution in [2.75, 3.05) is 13.1 Å². The summed E-state index contributed by atoms with van der Waals surface area (Å²) in [7, 11) is 0. The van der Waals surface area contributed by atoms with Crippen molar-refractivity contribution in [2.45, 2.75) is 5.92 Å². The van der Waals surface area contributed by atoms with Crippen LogP contribution in [0.25, 0.3) is 10.8 Å². The molecule has 1 saturated heterocycles. The molecule has 0 amide bonds. The van der Waals surface area contributed by atoms with Gasteiger partial charge in [-0.15, -0.1) is 0 Å². The largest absolute Gasteiger partial charge is 0.325 e. The maximum Gasteiger partial charge on any atom is 0.259 e. The van der Waals surface area contributed by atoms with Crippen molar-refractivity contribution in [1.29, 1.82) is 0 Å². The zero-order chi connectivity index (χ0) is 12.9. The summed E-state index contributed by atoms with van der Waals surface area (Å²) in [5.41, 5.74) is 0.242. The Kier molecular flexibility index (Phi) is 2.77. The van der Waals surface area contributed by atoms with E-state index in [-0.39, 0.29) is 27.0 Å². The molecule has 4 nitrogen and oxygen atoms in total. The van der Waals surface area contributed by atoms with Crippen LogP contribution in [0, 0.1) is 5.82 Å². The van der Waals surface area contributed by atoms with Crippen LogP contribution in [0.4, 0.5) is 4.39 Å². The van der Waals surface area contributed by atoms with Gasteiger partial charge in [-0.25, -0.2) is 9.37 Å². The molecule has 1 aliphatic heterocycles. The standard InChI is InChI=1S/C11H8Cl2FN3O/c12-9-7-5(8(14)10(13)17-9)1-6(16-11(7)18)4-2-15-3-4/h1,4,15H,2-3H2,(H,16,18). The minimum Gasteiger partial charge on any atom is -0.325 e. The van der Waals surface area contributed by atoms with E-state index in [9.17, 15) is 9.18 Å². The lowest BCUT2D eigenvalue weighted by Gasteiger charge is -2.27. The molecule has 0 aliphatic carbocycles. The van der Waals surface area contributed by atoms with Crippen LogP contribution < -0.4 is 10.9 Å². The molecule has 0 unspecified atom stereocenters. The normalized spacial score (nSPS) is 15.9. The summed E-state index contributed by atoms with van der Waals surface area (Å²) in [6, 6.07) is 1.58. The van der Waals surface area contributed by atoms with Crippen LogP contribution in [0.15, 0.2) is 10.9 Å². The molecule has 1 aliphatic rings. The first-order valence-corrected chi connectivity index (χ1v) is 6.11. The summed E-state index contributed by atoms with van der Waals surface area (Å²) in [6.45, 7) is 1.52. The molecule has 2 aromatic rings. The Hall–Kier alpha value is -1.17. The Morgan fingerprint density at radius 1 is 1.33 bits per heavy atom. The highest BCUT2D eigenvalue weighted by atomic mass is 35.5. The topological polar surface area (TPSA) is 57.8 Å². The molecular weight excluding hydrogens is 280 g/mol. The quantitative estimate of drug-likeness (QED) is 0.790. The van der Waals surface area contributed by atoms with Crippen LogP contribution in [0.5, 0.6) is 0 Å². The number of H-pyrrole nitrogens is 1. The molecule has 3 heterocycles. The number of nitrogens with zero attached hydrogens (tertiary/aromatic N) is 1. The highest BCUT2D eigenvalue weighted by Gasteiger charge is 2.22. The number of fused-ring (bicyclic) bond motifs is 1. The van der Waals surface area contributed by atoms with E-state index >= 15 is 0 Å². The molecule has 0 radical (unpaired) electrons. The van der Waals surface area contributed by atoms with E-state index in [0.29, 0.717) is 5.69 Å². The Morgan fingerprint density at radius 3 is 2.67 bits per heavy atom. The molecule has 3 rings (SSSR count). The van der Waals surface area contributed by atoms with Gasteiger partial charge in [-0.3, -0.25) is 4.79 Å². The minimum atomic E-state index is -0.712. The van der Waals surface area contributed by atoms with Crippen LogP contribution in [-0.4, -0.2) is 23.1 Å². The van der Waals surface area contributed by atoms with Crippen molar-refractivity contribution in [1.82, 2.24) is 15.3 Å². The summed E-state index contributed by atoms with van der Waals surface area (Å²) in [6.07, 6.45) is 0. The van der Waals surface area contributed by atoms with Crippen molar-refractivity contribution in [3.8, 4) is 0 Å². The molecule has 2 N–H and O–H groups in total. The summed E-state index contributed by atoms with van der Waals surface area (Å²) in [5.74, 6) is -0.525. The van der Waals surface area contributed by atoms with E-state index in [0.717, 1.165) is 13.1 Å². The minimum absolute atomic E-state index is 0.0367. The number of pyridine rings is 2. The van der Waals surface area contributed by atoms with Gasteiger partial charge in [-0.05, 0) is 6.07 Å². The maximum absolute atomic E-state index is 13.9. The second-order valence-corrected chi connectivity index (χ2v) is 4.92. The first-order chi connectivity index (χ1) is 8.58. The molecule has 94 valence electrons. The van der Waals surface area contributed by atoms with Gasteiger partial charge in [-0.1, -0.05) is 23.2 Å². The molecule has 0 bridgehead atoms. The molecule has 2 aromatic heterocycles. The van der Waals surface area contributed by atoms with E-state index in [1.807, 2.05) is 0 Å². The predicted octanol–water partition coefficient (Wildman–Crippen LogP) is 2.06. The van der Waals surface area contributed by atoms with Crippen molar-refractivity contribution >= 4 is 34.0 Å². The Balaban J connectivity index is 2.34. The number of hydrogen-bond acceptors (Lipinski definition) is 3. The number of hydrogen-bond donors (Lipinski definition) is 2. The summed E-state index contributed by atoms with van der Waals surface area (Å²) < 4.78 is 13.9. The van der Waals surface area contributed by atoms with Gasteiger partial charge >= 0.3 is 0 Å². The van der Waals surface area contributed by atoms with Crippen molar-refractivity contribution in [3.05, 3.63) is 38.2 Å². The summed E-state index contributed by atoms with van der Waals surface area (Å²) >= 11 is 11.5. The van der Waals surface area contributed by atoms with Gasteiger partial charge in [0.2, 0.25) is 0 Å². The lowest BCUT2D eigenvalue weighted by atomic mass is 9.97. The molecule has 0 spiro atoms. The Labute approximate surface area is 111 Å². The fraction of sp³-hybridized carbons (Fsp3) is 0.273. The van der Waals surface area contributed by atoms with Crippen LogP contribution in [0.1, 0.15) is 11.6 Å². The number of nitrogens with one attached hydrogen (secondary N) is 2. The van der Waals surface area contributed by atoms with Crippen LogP contribution >= 0.6 is 23.2 Å². The summed E-state index contributed by atoms with van der Waals surface area (Å²) in [5, 5.41) is 2.83. The molecule has 0 aromatic carbocycles. The van der Waals surface area contributed by atoms with Gasteiger partial charge in [0, 0.05) is 30.1 Å². The number of aromatic amines is 1. The van der Waals surface area contributed by atoms with Crippen molar-refractivity contribution < 1.29 is 4.39 Å². The monoisotopic (exact) mass is 287 g/mol. The highest BCUT2D eigenvalue weighted by Crippen LogP contribution is 2.28. The van der Waals surface area contributed by atoms with Crippen LogP contribution in [0.2, 0.25) is 10.3 Å². The molecule has 1 fully saturated rings. The molecular formula is C11H8Cl2FN3O. The molecule has 0 atom stereocenters. The number of aromatic nitrogens is 2. The fourth-order valence-corrected chi connectivity index (χ4v) is 2.49. The fourth-order valence-electron chi connectivity index (χ4n) is 1.99. The number of halogens is 3. The third-order valence-electron chi connectivity index (χ3n) is 3.10. The second-order valence-electron chi connectivity index (χ2n) is 4.21. The van der Waals surface area contributed by atoms with Gasteiger partial charge in [0.05, 0.1) is 5.39 Å². The lowest BCUT2D eigenvalue weighted by Crippen LogP contribution is -2.41. The number of rotatable bonds is 1. The van der Waals surface area contributed by atoms with Gasteiger partial charge in [-0.2, -0.15) is 0 Å².